The van der Waals surface area contributed by atoms with E-state index in [1.807, 2.05) is 6.07 Å². The molecular formula is C31H39ClF2N6O2. The Kier molecular flexibility index (Phi) is 8.58. The summed E-state index contributed by atoms with van der Waals surface area (Å²) in [6.45, 7) is 15.1. The van der Waals surface area contributed by atoms with Crippen LogP contribution in [0.1, 0.15) is 86.3 Å². The number of likely N-dealkylation sites (N-methyl/N-ethyl adjacent to an activating group) is 1. The van der Waals surface area contributed by atoms with E-state index in [0.29, 0.717) is 43.3 Å². The normalized spacial score (nSPS) is 18.3. The molecule has 2 aliphatic rings. The van der Waals surface area contributed by atoms with Crippen LogP contribution in [0.25, 0.3) is 10.9 Å². The minimum atomic E-state index is -2.88. The predicted octanol–water partition coefficient (Wildman–Crippen LogP) is 5.92. The van der Waals surface area contributed by atoms with Gasteiger partial charge < -0.3 is 14.4 Å². The molecule has 226 valence electrons. The first-order valence-electron chi connectivity index (χ1n) is 14.6. The highest BCUT2D eigenvalue weighted by Gasteiger charge is 2.37. The van der Waals surface area contributed by atoms with Gasteiger partial charge >= 0.3 is 0 Å². The van der Waals surface area contributed by atoms with Gasteiger partial charge in [-0.3, -0.25) is 14.7 Å². The molecule has 42 heavy (non-hydrogen) atoms. The number of ketones is 1. The molecule has 4 heterocycles. The van der Waals surface area contributed by atoms with E-state index in [0.717, 1.165) is 41.7 Å². The van der Waals surface area contributed by atoms with E-state index in [4.69, 9.17) is 11.6 Å². The molecule has 0 bridgehead atoms. The molecule has 11 heteroatoms. The fourth-order valence-electron chi connectivity index (χ4n) is 6.26. The molecule has 0 aliphatic carbocycles. The highest BCUT2D eigenvalue weighted by Crippen LogP contribution is 2.36. The number of nitrogens with zero attached hydrogens (tertiary/aromatic N) is 5. The summed E-state index contributed by atoms with van der Waals surface area (Å²) in [4.78, 5) is 33.8. The Morgan fingerprint density at radius 3 is 2.57 bits per heavy atom. The van der Waals surface area contributed by atoms with Crippen molar-refractivity contribution >= 4 is 34.2 Å². The molecule has 1 unspecified atom stereocenters. The van der Waals surface area contributed by atoms with Crippen molar-refractivity contribution in [3.8, 4) is 0 Å². The van der Waals surface area contributed by atoms with Gasteiger partial charge in [0.05, 0.1) is 5.52 Å². The second-order valence-corrected chi connectivity index (χ2v) is 12.9. The smallest absolute Gasteiger partial charge is 0.282 e. The second-order valence-electron chi connectivity index (χ2n) is 12.5. The van der Waals surface area contributed by atoms with Crippen molar-refractivity contribution < 1.29 is 18.4 Å². The van der Waals surface area contributed by atoms with Gasteiger partial charge in [0.15, 0.2) is 5.78 Å². The van der Waals surface area contributed by atoms with Crippen molar-refractivity contribution in [1.29, 1.82) is 0 Å². The third-order valence-electron chi connectivity index (χ3n) is 8.59. The lowest BCUT2D eigenvalue weighted by molar-refractivity contribution is -0.132. The quantitative estimate of drug-likeness (QED) is 0.231. The average molecular weight is 601 g/mol. The number of rotatable bonds is 10. The summed E-state index contributed by atoms with van der Waals surface area (Å²) in [5.74, 6) is -0.115. The van der Waals surface area contributed by atoms with Crippen LogP contribution in [0.15, 0.2) is 24.8 Å². The lowest BCUT2D eigenvalue weighted by Gasteiger charge is -2.38. The molecule has 2 aromatic heterocycles. The highest BCUT2D eigenvalue weighted by molar-refractivity contribution is 6.32. The number of amides is 1. The summed E-state index contributed by atoms with van der Waals surface area (Å²) < 4.78 is 30.7. The van der Waals surface area contributed by atoms with Crippen molar-refractivity contribution in [2.75, 3.05) is 32.7 Å². The number of alkyl halides is 2. The first-order valence-corrected chi connectivity index (χ1v) is 15.0. The van der Waals surface area contributed by atoms with Gasteiger partial charge in [-0.2, -0.15) is 5.10 Å². The number of hydrogen-bond acceptors (Lipinski definition) is 5. The van der Waals surface area contributed by atoms with Gasteiger partial charge in [0.2, 0.25) is 5.91 Å². The van der Waals surface area contributed by atoms with Crippen molar-refractivity contribution in [2.45, 2.75) is 71.3 Å². The molecule has 2 saturated heterocycles. The van der Waals surface area contributed by atoms with Crippen molar-refractivity contribution in [2.24, 2.45) is 5.92 Å². The number of carbonyl (C=O) groups is 2. The molecule has 2 fully saturated rings. The molecule has 1 N–H and O–H groups in total. The van der Waals surface area contributed by atoms with Gasteiger partial charge in [0.1, 0.15) is 17.2 Å². The number of halogens is 3. The Labute approximate surface area is 250 Å². The van der Waals surface area contributed by atoms with E-state index in [9.17, 15) is 18.4 Å². The Bertz CT molecular complexity index is 1500. The van der Waals surface area contributed by atoms with Gasteiger partial charge in [-0.15, -0.1) is 0 Å². The maximum absolute atomic E-state index is 14.4. The number of Topliss-reactive ketones (excluding diaryl/α,β-unsaturated/α-hetero) is 1. The molecule has 0 saturated carbocycles. The van der Waals surface area contributed by atoms with Crippen molar-refractivity contribution in [3.63, 3.8) is 0 Å². The van der Waals surface area contributed by atoms with Gasteiger partial charge in [0, 0.05) is 67.1 Å². The number of hydrogen-bond donors (Lipinski definition) is 1. The third-order valence-corrected chi connectivity index (χ3v) is 8.90. The number of likely N-dealkylation sites (tertiary alicyclic amines) is 2. The molecule has 0 spiro atoms. The number of benzene rings is 1. The lowest BCUT2D eigenvalue weighted by atomic mass is 9.86. The topological polar surface area (TPSA) is 87.1 Å². The van der Waals surface area contributed by atoms with Gasteiger partial charge in [-0.1, -0.05) is 45.9 Å². The molecule has 1 atom stereocenters. The first-order chi connectivity index (χ1) is 19.9. The molecule has 1 aromatic carbocycles. The summed E-state index contributed by atoms with van der Waals surface area (Å²) in [5.41, 5.74) is 2.03. The standard InChI is InChI=1S/C31H39ClF2N6O2/c1-6-27(42)39-15-18(16-39)12-25(41)29-28(30(33)34)35-26(40(29)19-10-11-38(7-2)17-19)9-8-23-20-13-21(31(3,4)5)22(32)14-24(20)37-36-23/h6,13-14,18-19,30H,1,7-12,15-17H2,2-5H3,(H,36,37). The Hall–Kier alpha value is -3.11. The summed E-state index contributed by atoms with van der Waals surface area (Å²) in [7, 11) is 0. The zero-order valence-electron chi connectivity index (χ0n) is 24.7. The van der Waals surface area contributed by atoms with E-state index in [1.165, 1.54) is 6.08 Å². The minimum absolute atomic E-state index is 0.0210. The number of carbonyl (C=O) groups excluding carboxylic acids is 2. The summed E-state index contributed by atoms with van der Waals surface area (Å²) in [5, 5.41) is 9.14. The van der Waals surface area contributed by atoms with Crippen molar-refractivity contribution in [3.05, 3.63) is 58.3 Å². The highest BCUT2D eigenvalue weighted by atomic mass is 35.5. The number of imidazole rings is 1. The van der Waals surface area contributed by atoms with E-state index >= 15 is 0 Å². The largest absolute Gasteiger partial charge is 0.338 e. The summed E-state index contributed by atoms with van der Waals surface area (Å²) >= 11 is 6.55. The first kappa shape index (κ1) is 30.4. The maximum Gasteiger partial charge on any atom is 0.282 e. The zero-order valence-corrected chi connectivity index (χ0v) is 25.5. The van der Waals surface area contributed by atoms with Crippen LogP contribution in [0.2, 0.25) is 5.02 Å². The lowest BCUT2D eigenvalue weighted by Crippen LogP contribution is -2.50. The van der Waals surface area contributed by atoms with Crippen LogP contribution in [0.4, 0.5) is 8.78 Å². The Balaban J connectivity index is 1.47. The SMILES string of the molecule is C=CC(=O)N1CC(CC(=O)c2c(C(F)F)nc(CCc3[nH]nc4cc(Cl)c(C(C)(C)C)cc34)n2C2CCN(CC)C2)C1. The number of H-pyrrole nitrogens is 1. The van der Waals surface area contributed by atoms with Crippen LogP contribution in [-0.4, -0.2) is 74.0 Å². The second kappa shape index (κ2) is 11.9. The number of nitrogens with one attached hydrogen (secondary N) is 1. The van der Waals surface area contributed by atoms with Gasteiger partial charge in [-0.05, 0) is 48.6 Å². The number of aromatic amines is 1. The number of aryl methyl sites for hydroxylation is 2. The molecule has 2 aliphatic heterocycles. The molecule has 5 rings (SSSR count). The monoisotopic (exact) mass is 600 g/mol. The Morgan fingerprint density at radius 2 is 1.95 bits per heavy atom. The van der Waals surface area contributed by atoms with E-state index < -0.39 is 12.1 Å². The molecule has 0 radical (unpaired) electrons. The van der Waals surface area contributed by atoms with E-state index in [1.54, 1.807) is 9.47 Å². The molecule has 3 aromatic rings. The number of aromatic nitrogens is 4. The zero-order chi connectivity index (χ0) is 30.3. The van der Waals surface area contributed by atoms with Crippen LogP contribution in [-0.2, 0) is 23.1 Å². The summed E-state index contributed by atoms with van der Waals surface area (Å²) in [6, 6.07) is 3.79. The van der Waals surface area contributed by atoms with Crippen LogP contribution in [0.3, 0.4) is 0 Å². The van der Waals surface area contributed by atoms with E-state index in [2.05, 4.69) is 60.4 Å². The van der Waals surface area contributed by atoms with Crippen LogP contribution in [0, 0.1) is 5.92 Å². The van der Waals surface area contributed by atoms with E-state index in [-0.39, 0.29) is 41.2 Å². The molecular weight excluding hydrogens is 562 g/mol. The minimum Gasteiger partial charge on any atom is -0.338 e. The summed E-state index contributed by atoms with van der Waals surface area (Å²) in [6.07, 6.45) is 0.0713. The van der Waals surface area contributed by atoms with Crippen LogP contribution >= 0.6 is 11.6 Å². The number of fused-ring (bicyclic) bond motifs is 1. The predicted molar refractivity (Wildman–Crippen MR) is 159 cm³/mol. The van der Waals surface area contributed by atoms with Crippen LogP contribution in [0.5, 0.6) is 0 Å². The Morgan fingerprint density at radius 1 is 1.21 bits per heavy atom. The average Bonchev–Trinajstić information content (AvgIpc) is 3.63. The van der Waals surface area contributed by atoms with Crippen molar-refractivity contribution in [1.82, 2.24) is 29.5 Å². The molecule has 8 nitrogen and oxygen atoms in total. The fourth-order valence-corrected chi connectivity index (χ4v) is 6.70. The molecule has 1 amide bonds. The van der Waals surface area contributed by atoms with Crippen LogP contribution < -0.4 is 0 Å². The third kappa shape index (κ3) is 5.88. The maximum atomic E-state index is 14.4. The fraction of sp³-hybridized carbons (Fsp3) is 0.548. The van der Waals surface area contributed by atoms with Gasteiger partial charge in [-0.25, -0.2) is 13.8 Å². The van der Waals surface area contributed by atoms with Gasteiger partial charge in [0.25, 0.3) is 6.43 Å².